The Balaban J connectivity index is 2.61. The standard InChI is InChI=1S/C11H16N2O2/c1-3-14-11(15-4-2)9-13-7-5-6-10(13)8-12/h5-7,11H,3-4,9H2,1-2H3. The molecular weight excluding hydrogens is 192 g/mol. The molecule has 0 aliphatic rings. The molecule has 0 saturated carbocycles. The third kappa shape index (κ3) is 3.39. The van der Waals surface area contributed by atoms with Crippen molar-refractivity contribution in [1.82, 2.24) is 4.57 Å². The lowest BCUT2D eigenvalue weighted by molar-refractivity contribution is -0.143. The molecule has 0 aliphatic carbocycles. The summed E-state index contributed by atoms with van der Waals surface area (Å²) in [6.07, 6.45) is 1.57. The van der Waals surface area contributed by atoms with Crippen LogP contribution in [0.15, 0.2) is 18.3 Å². The predicted molar refractivity (Wildman–Crippen MR) is 56.2 cm³/mol. The molecule has 0 unspecified atom stereocenters. The highest BCUT2D eigenvalue weighted by molar-refractivity contribution is 5.21. The molecule has 1 aromatic rings. The van der Waals surface area contributed by atoms with Gasteiger partial charge in [0.2, 0.25) is 0 Å². The quantitative estimate of drug-likeness (QED) is 0.669. The first kappa shape index (κ1) is 11.8. The van der Waals surface area contributed by atoms with Crippen LogP contribution in [-0.4, -0.2) is 24.1 Å². The second kappa shape index (κ2) is 6.23. The minimum atomic E-state index is -0.278. The van der Waals surface area contributed by atoms with Gasteiger partial charge in [0.25, 0.3) is 0 Å². The van der Waals surface area contributed by atoms with Gasteiger partial charge in [0.1, 0.15) is 11.8 Å². The number of ether oxygens (including phenoxy) is 2. The number of nitriles is 1. The lowest BCUT2D eigenvalue weighted by Crippen LogP contribution is -2.23. The van der Waals surface area contributed by atoms with Gasteiger partial charge in [-0.3, -0.25) is 0 Å². The summed E-state index contributed by atoms with van der Waals surface area (Å²) in [5.41, 5.74) is 0.624. The molecule has 1 rings (SSSR count). The zero-order valence-electron chi connectivity index (χ0n) is 9.14. The highest BCUT2D eigenvalue weighted by atomic mass is 16.7. The van der Waals surface area contributed by atoms with Crippen LogP contribution >= 0.6 is 0 Å². The Bertz CT molecular complexity index is 322. The molecule has 82 valence electrons. The average Bonchev–Trinajstić information content (AvgIpc) is 2.66. The average molecular weight is 208 g/mol. The molecule has 1 aromatic heterocycles. The lowest BCUT2D eigenvalue weighted by atomic mass is 10.4. The molecule has 0 fully saturated rings. The minimum Gasteiger partial charge on any atom is -0.351 e. The Morgan fingerprint density at radius 2 is 2.07 bits per heavy atom. The molecule has 0 amide bonds. The number of hydrogen-bond donors (Lipinski definition) is 0. The molecular formula is C11H16N2O2. The number of rotatable bonds is 6. The van der Waals surface area contributed by atoms with Crippen molar-refractivity contribution in [1.29, 1.82) is 5.26 Å². The summed E-state index contributed by atoms with van der Waals surface area (Å²) in [4.78, 5) is 0. The van der Waals surface area contributed by atoms with Gasteiger partial charge in [-0.05, 0) is 26.0 Å². The van der Waals surface area contributed by atoms with Crippen LogP contribution in [-0.2, 0) is 16.0 Å². The summed E-state index contributed by atoms with van der Waals surface area (Å²) in [6.45, 7) is 5.61. The zero-order chi connectivity index (χ0) is 11.1. The molecule has 0 N–H and O–H groups in total. The first-order valence-electron chi connectivity index (χ1n) is 5.10. The zero-order valence-corrected chi connectivity index (χ0v) is 9.14. The highest BCUT2D eigenvalue weighted by Gasteiger charge is 2.10. The van der Waals surface area contributed by atoms with Crippen molar-refractivity contribution < 1.29 is 9.47 Å². The smallest absolute Gasteiger partial charge is 0.175 e. The number of hydrogen-bond acceptors (Lipinski definition) is 3. The van der Waals surface area contributed by atoms with Crippen LogP contribution in [0, 0.1) is 11.3 Å². The third-order valence-electron chi connectivity index (χ3n) is 1.99. The van der Waals surface area contributed by atoms with Crippen molar-refractivity contribution in [3.63, 3.8) is 0 Å². The summed E-state index contributed by atoms with van der Waals surface area (Å²) >= 11 is 0. The topological polar surface area (TPSA) is 47.2 Å². The molecule has 15 heavy (non-hydrogen) atoms. The molecule has 0 spiro atoms. The highest BCUT2D eigenvalue weighted by Crippen LogP contribution is 2.05. The maximum atomic E-state index is 8.83. The Morgan fingerprint density at radius 1 is 1.40 bits per heavy atom. The van der Waals surface area contributed by atoms with E-state index in [0.29, 0.717) is 25.5 Å². The summed E-state index contributed by atoms with van der Waals surface area (Å²) in [5.74, 6) is 0. The van der Waals surface area contributed by atoms with E-state index in [2.05, 4.69) is 6.07 Å². The monoisotopic (exact) mass is 208 g/mol. The Kier molecular flexibility index (Phi) is 4.88. The van der Waals surface area contributed by atoms with Gasteiger partial charge in [0.15, 0.2) is 6.29 Å². The first-order chi connectivity index (χ1) is 7.31. The summed E-state index contributed by atoms with van der Waals surface area (Å²) in [7, 11) is 0. The van der Waals surface area contributed by atoms with Crippen LogP contribution in [0.4, 0.5) is 0 Å². The van der Waals surface area contributed by atoms with Gasteiger partial charge in [0, 0.05) is 19.4 Å². The van der Waals surface area contributed by atoms with E-state index in [4.69, 9.17) is 14.7 Å². The van der Waals surface area contributed by atoms with Crippen LogP contribution in [0.25, 0.3) is 0 Å². The van der Waals surface area contributed by atoms with Crippen molar-refractivity contribution in [2.75, 3.05) is 13.2 Å². The van der Waals surface area contributed by atoms with Crippen LogP contribution in [0.3, 0.4) is 0 Å². The second-order valence-corrected chi connectivity index (χ2v) is 3.00. The maximum Gasteiger partial charge on any atom is 0.175 e. The fourth-order valence-electron chi connectivity index (χ4n) is 1.36. The molecule has 1 heterocycles. The molecule has 0 aliphatic heterocycles. The van der Waals surface area contributed by atoms with Crippen molar-refractivity contribution in [2.45, 2.75) is 26.7 Å². The Labute approximate surface area is 90.0 Å². The van der Waals surface area contributed by atoms with E-state index in [1.807, 2.05) is 30.7 Å². The van der Waals surface area contributed by atoms with Crippen LogP contribution in [0.5, 0.6) is 0 Å². The van der Waals surface area contributed by atoms with Crippen LogP contribution < -0.4 is 0 Å². The SMILES string of the molecule is CCOC(Cn1cccc1C#N)OCC. The minimum absolute atomic E-state index is 0.278. The molecule has 0 bridgehead atoms. The maximum absolute atomic E-state index is 8.83. The van der Waals surface area contributed by atoms with Crippen molar-refractivity contribution >= 4 is 0 Å². The summed E-state index contributed by atoms with van der Waals surface area (Å²) in [6, 6.07) is 5.73. The van der Waals surface area contributed by atoms with Gasteiger partial charge in [-0.15, -0.1) is 0 Å². The first-order valence-corrected chi connectivity index (χ1v) is 5.10. The Hall–Kier alpha value is -1.31. The fourth-order valence-corrected chi connectivity index (χ4v) is 1.36. The summed E-state index contributed by atoms with van der Waals surface area (Å²) < 4.78 is 12.6. The van der Waals surface area contributed by atoms with Crippen molar-refractivity contribution in [3.05, 3.63) is 24.0 Å². The third-order valence-corrected chi connectivity index (χ3v) is 1.99. The fraction of sp³-hybridized carbons (Fsp3) is 0.545. The van der Waals surface area contributed by atoms with Crippen LogP contribution in [0.2, 0.25) is 0 Å². The van der Waals surface area contributed by atoms with Gasteiger partial charge in [-0.1, -0.05) is 0 Å². The lowest BCUT2D eigenvalue weighted by Gasteiger charge is -2.17. The van der Waals surface area contributed by atoms with Gasteiger partial charge < -0.3 is 14.0 Å². The predicted octanol–water partition coefficient (Wildman–Crippen LogP) is 1.76. The van der Waals surface area contributed by atoms with E-state index in [1.165, 1.54) is 0 Å². The van der Waals surface area contributed by atoms with Gasteiger partial charge in [-0.25, -0.2) is 0 Å². The van der Waals surface area contributed by atoms with E-state index in [0.717, 1.165) is 0 Å². The normalized spacial score (nSPS) is 10.5. The van der Waals surface area contributed by atoms with Gasteiger partial charge in [-0.2, -0.15) is 5.26 Å². The summed E-state index contributed by atoms with van der Waals surface area (Å²) in [5, 5.41) is 8.83. The van der Waals surface area contributed by atoms with E-state index in [1.54, 1.807) is 6.07 Å². The molecule has 4 nitrogen and oxygen atoms in total. The van der Waals surface area contributed by atoms with Crippen molar-refractivity contribution in [3.8, 4) is 6.07 Å². The van der Waals surface area contributed by atoms with Gasteiger partial charge in [0.05, 0.1) is 6.54 Å². The molecule has 0 saturated heterocycles. The van der Waals surface area contributed by atoms with E-state index >= 15 is 0 Å². The molecule has 4 heteroatoms. The molecule has 0 radical (unpaired) electrons. The largest absolute Gasteiger partial charge is 0.351 e. The van der Waals surface area contributed by atoms with Crippen LogP contribution in [0.1, 0.15) is 19.5 Å². The van der Waals surface area contributed by atoms with Crippen molar-refractivity contribution in [2.24, 2.45) is 0 Å². The van der Waals surface area contributed by atoms with E-state index < -0.39 is 0 Å². The Morgan fingerprint density at radius 3 is 2.60 bits per heavy atom. The molecule has 0 atom stereocenters. The van der Waals surface area contributed by atoms with E-state index in [9.17, 15) is 0 Å². The second-order valence-electron chi connectivity index (χ2n) is 3.00. The van der Waals surface area contributed by atoms with Gasteiger partial charge >= 0.3 is 0 Å². The number of aromatic nitrogens is 1. The molecule has 0 aromatic carbocycles. The van der Waals surface area contributed by atoms with E-state index in [-0.39, 0.29) is 6.29 Å². The number of nitrogens with zero attached hydrogens (tertiary/aromatic N) is 2.